The van der Waals surface area contributed by atoms with E-state index >= 15 is 0 Å². The molecule has 2 aromatic carbocycles. The topological polar surface area (TPSA) is 114 Å². The lowest BCUT2D eigenvalue weighted by Gasteiger charge is -2.04. The summed E-state index contributed by atoms with van der Waals surface area (Å²) in [6, 6.07) is 15.7. The van der Waals surface area contributed by atoms with Crippen LogP contribution in [0.15, 0.2) is 59.7 Å². The van der Waals surface area contributed by atoms with Gasteiger partial charge in [0.1, 0.15) is 0 Å². The quantitative estimate of drug-likeness (QED) is 0.421. The molecule has 2 rings (SSSR count). The molecule has 0 radical (unpaired) electrons. The van der Waals surface area contributed by atoms with E-state index in [1.807, 2.05) is 30.3 Å². The fraction of sp³-hybridized carbons (Fsp3) is 0.111. The molecular weight excluding hydrogens is 320 g/mol. The largest absolute Gasteiger partial charge is 0.366 e. The van der Waals surface area contributed by atoms with Crippen LogP contribution in [0.2, 0.25) is 0 Å². The van der Waals surface area contributed by atoms with Crippen molar-refractivity contribution in [3.63, 3.8) is 0 Å². The van der Waals surface area contributed by atoms with Gasteiger partial charge < -0.3 is 11.1 Å². The number of carbonyl (C=O) groups excluding carboxylic acids is 3. The first kappa shape index (κ1) is 17.9. The second kappa shape index (κ2) is 8.97. The summed E-state index contributed by atoms with van der Waals surface area (Å²) < 4.78 is 0. The number of carbonyl (C=O) groups is 3. The normalized spacial score (nSPS) is 10.4. The van der Waals surface area contributed by atoms with Crippen molar-refractivity contribution in [2.24, 2.45) is 10.8 Å². The third-order valence-corrected chi connectivity index (χ3v) is 3.30. The molecule has 0 saturated heterocycles. The van der Waals surface area contributed by atoms with Crippen LogP contribution in [0.1, 0.15) is 22.3 Å². The van der Waals surface area contributed by atoms with Gasteiger partial charge in [-0.3, -0.25) is 14.4 Å². The molecule has 128 valence electrons. The van der Waals surface area contributed by atoms with Gasteiger partial charge in [0, 0.05) is 17.5 Å². The average Bonchev–Trinajstić information content (AvgIpc) is 2.62. The molecule has 0 atom stereocenters. The van der Waals surface area contributed by atoms with Gasteiger partial charge in [0.05, 0.1) is 0 Å². The molecular formula is C18H18N4O3. The minimum Gasteiger partial charge on any atom is -0.366 e. The summed E-state index contributed by atoms with van der Waals surface area (Å²) in [5, 5.41) is 6.14. The van der Waals surface area contributed by atoms with Gasteiger partial charge in [-0.25, -0.2) is 5.43 Å². The van der Waals surface area contributed by atoms with Crippen LogP contribution in [0, 0.1) is 0 Å². The van der Waals surface area contributed by atoms with Crippen LogP contribution >= 0.6 is 0 Å². The smallest absolute Gasteiger partial charge is 0.329 e. The number of nitrogens with zero attached hydrogens (tertiary/aromatic N) is 1. The Labute approximate surface area is 144 Å². The molecule has 0 aliphatic heterocycles. The molecule has 0 spiro atoms. The highest BCUT2D eigenvalue weighted by Gasteiger charge is 2.12. The summed E-state index contributed by atoms with van der Waals surface area (Å²) in [6.45, 7) is 0. The number of hydrogen-bond donors (Lipinski definition) is 3. The fourth-order valence-corrected chi connectivity index (χ4v) is 2.00. The highest BCUT2D eigenvalue weighted by atomic mass is 16.2. The van der Waals surface area contributed by atoms with E-state index in [2.05, 4.69) is 15.8 Å². The van der Waals surface area contributed by atoms with Gasteiger partial charge in [-0.05, 0) is 42.7 Å². The number of benzene rings is 2. The van der Waals surface area contributed by atoms with Crippen LogP contribution in [0.5, 0.6) is 0 Å². The number of nitrogens with one attached hydrogen (secondary N) is 2. The second-order valence-corrected chi connectivity index (χ2v) is 5.17. The average molecular weight is 338 g/mol. The molecule has 0 aliphatic rings. The summed E-state index contributed by atoms with van der Waals surface area (Å²) in [5.41, 5.74) is 9.13. The van der Waals surface area contributed by atoms with Gasteiger partial charge in [0.2, 0.25) is 5.91 Å². The predicted octanol–water partition coefficient (Wildman–Crippen LogP) is 1.46. The van der Waals surface area contributed by atoms with E-state index in [1.165, 1.54) is 24.3 Å². The highest BCUT2D eigenvalue weighted by molar-refractivity contribution is 6.39. The van der Waals surface area contributed by atoms with E-state index in [-0.39, 0.29) is 0 Å². The minimum absolute atomic E-state index is 0.311. The number of hydrogen-bond acceptors (Lipinski definition) is 4. The first-order valence-electron chi connectivity index (χ1n) is 7.63. The standard InChI is InChI=1S/C18H18N4O3/c19-16(23)14-8-10-15(11-9-14)21-17(24)18(25)22-20-12-4-7-13-5-2-1-3-6-13/h1-3,5-6,8-12H,4,7H2,(H2,19,23)(H,21,24)(H,22,25)/b20-12+. The van der Waals surface area contributed by atoms with E-state index in [0.29, 0.717) is 17.7 Å². The Morgan fingerprint density at radius 3 is 2.28 bits per heavy atom. The van der Waals surface area contributed by atoms with E-state index in [4.69, 9.17) is 5.73 Å². The zero-order valence-electron chi connectivity index (χ0n) is 13.4. The maximum Gasteiger partial charge on any atom is 0.329 e. The van der Waals surface area contributed by atoms with Crippen molar-refractivity contribution in [2.75, 3.05) is 5.32 Å². The molecule has 0 heterocycles. The SMILES string of the molecule is NC(=O)c1ccc(NC(=O)C(=O)N/N=C/CCc2ccccc2)cc1. The lowest BCUT2D eigenvalue weighted by molar-refractivity contribution is -0.136. The summed E-state index contributed by atoms with van der Waals surface area (Å²) >= 11 is 0. The molecule has 0 unspecified atom stereocenters. The van der Waals surface area contributed by atoms with Crippen LogP contribution < -0.4 is 16.5 Å². The third kappa shape index (κ3) is 5.91. The lowest BCUT2D eigenvalue weighted by Crippen LogP contribution is -2.32. The molecule has 7 heteroatoms. The van der Waals surface area contributed by atoms with Gasteiger partial charge in [0.15, 0.2) is 0 Å². The minimum atomic E-state index is -0.880. The first-order chi connectivity index (χ1) is 12.1. The Bertz CT molecular complexity index is 771. The van der Waals surface area contributed by atoms with Crippen molar-refractivity contribution in [2.45, 2.75) is 12.8 Å². The molecule has 0 aromatic heterocycles. The highest BCUT2D eigenvalue weighted by Crippen LogP contribution is 2.08. The van der Waals surface area contributed by atoms with Gasteiger partial charge in [-0.1, -0.05) is 30.3 Å². The summed E-state index contributed by atoms with van der Waals surface area (Å²) in [4.78, 5) is 34.3. The Morgan fingerprint density at radius 2 is 1.64 bits per heavy atom. The third-order valence-electron chi connectivity index (χ3n) is 3.30. The van der Waals surface area contributed by atoms with Crippen molar-refractivity contribution in [1.82, 2.24) is 5.43 Å². The molecule has 25 heavy (non-hydrogen) atoms. The number of rotatable bonds is 6. The Kier molecular flexibility index (Phi) is 6.41. The van der Waals surface area contributed by atoms with Crippen LogP contribution in [0.4, 0.5) is 5.69 Å². The zero-order chi connectivity index (χ0) is 18.1. The number of hydrazone groups is 1. The van der Waals surface area contributed by atoms with Crippen molar-refractivity contribution in [3.05, 3.63) is 65.7 Å². The maximum absolute atomic E-state index is 11.7. The number of primary amides is 1. The van der Waals surface area contributed by atoms with Gasteiger partial charge >= 0.3 is 11.8 Å². The molecule has 0 fully saturated rings. The summed E-state index contributed by atoms with van der Waals surface area (Å²) in [6.07, 6.45) is 2.97. The van der Waals surface area contributed by atoms with E-state index in [0.717, 1.165) is 12.0 Å². The van der Waals surface area contributed by atoms with E-state index < -0.39 is 17.7 Å². The van der Waals surface area contributed by atoms with Crippen molar-refractivity contribution >= 4 is 29.6 Å². The first-order valence-corrected chi connectivity index (χ1v) is 7.63. The molecule has 0 aliphatic carbocycles. The molecule has 0 bridgehead atoms. The van der Waals surface area contributed by atoms with Crippen molar-refractivity contribution < 1.29 is 14.4 Å². The number of nitrogens with two attached hydrogens (primary N) is 1. The number of anilines is 1. The van der Waals surface area contributed by atoms with Crippen LogP contribution in [0.3, 0.4) is 0 Å². The number of aryl methyl sites for hydroxylation is 1. The zero-order valence-corrected chi connectivity index (χ0v) is 13.4. The Morgan fingerprint density at radius 1 is 0.960 bits per heavy atom. The molecule has 3 amide bonds. The molecule has 2 aromatic rings. The monoisotopic (exact) mass is 338 g/mol. The van der Waals surface area contributed by atoms with Gasteiger partial charge in [-0.2, -0.15) is 5.10 Å². The summed E-state index contributed by atoms with van der Waals surface area (Å²) in [7, 11) is 0. The molecule has 4 N–H and O–H groups in total. The second-order valence-electron chi connectivity index (χ2n) is 5.17. The maximum atomic E-state index is 11.7. The van der Waals surface area contributed by atoms with Crippen molar-refractivity contribution in [3.8, 4) is 0 Å². The Balaban J connectivity index is 1.75. The van der Waals surface area contributed by atoms with Crippen molar-refractivity contribution in [1.29, 1.82) is 0 Å². The lowest BCUT2D eigenvalue weighted by atomic mass is 10.1. The van der Waals surface area contributed by atoms with Gasteiger partial charge in [0.25, 0.3) is 0 Å². The molecule has 7 nitrogen and oxygen atoms in total. The fourth-order valence-electron chi connectivity index (χ4n) is 2.00. The predicted molar refractivity (Wildman–Crippen MR) is 95.0 cm³/mol. The van der Waals surface area contributed by atoms with Crippen LogP contribution in [-0.4, -0.2) is 23.9 Å². The van der Waals surface area contributed by atoms with Crippen LogP contribution in [0.25, 0.3) is 0 Å². The summed E-state index contributed by atoms with van der Waals surface area (Å²) in [5.74, 6) is -2.30. The van der Waals surface area contributed by atoms with E-state index in [9.17, 15) is 14.4 Å². The van der Waals surface area contributed by atoms with E-state index in [1.54, 1.807) is 6.21 Å². The van der Waals surface area contributed by atoms with Crippen LogP contribution in [-0.2, 0) is 16.0 Å². The molecule has 0 saturated carbocycles. The number of amides is 3. The van der Waals surface area contributed by atoms with Gasteiger partial charge in [-0.15, -0.1) is 0 Å². The Hall–Kier alpha value is -3.48.